The van der Waals surface area contributed by atoms with Gasteiger partial charge in [0.25, 0.3) is 0 Å². The van der Waals surface area contributed by atoms with Gasteiger partial charge in [-0.15, -0.1) is 0 Å². The maximum absolute atomic E-state index is 3.76. The van der Waals surface area contributed by atoms with Crippen molar-refractivity contribution >= 4 is 0 Å². The van der Waals surface area contributed by atoms with Gasteiger partial charge in [0.2, 0.25) is 0 Å². The monoisotopic (exact) mass is 84.1 g/mol. The fourth-order valence-corrected chi connectivity index (χ4v) is 0.570. The Morgan fingerprint density at radius 2 is 2.33 bits per heavy atom. The normalized spacial score (nSPS) is 36.0. The van der Waals surface area contributed by atoms with Crippen molar-refractivity contribution in [2.45, 2.75) is 19.4 Å². The third-order valence-electron chi connectivity index (χ3n) is 1.46. The van der Waals surface area contributed by atoms with Gasteiger partial charge < -0.3 is 4.90 Å². The van der Waals surface area contributed by atoms with E-state index >= 15 is 0 Å². The van der Waals surface area contributed by atoms with Crippen LogP contribution in [0.4, 0.5) is 0 Å². The average Bonchev–Trinajstić information content (AvgIpc) is 1.61. The van der Waals surface area contributed by atoms with Crippen LogP contribution in [0.5, 0.6) is 0 Å². The lowest BCUT2D eigenvalue weighted by molar-refractivity contribution is 0.168. The Morgan fingerprint density at radius 1 is 1.83 bits per heavy atom. The van der Waals surface area contributed by atoms with Gasteiger partial charge in [-0.3, -0.25) is 7.05 Å². The molecule has 0 amide bonds. The van der Waals surface area contributed by atoms with Gasteiger partial charge in [-0.25, -0.2) is 0 Å². The van der Waals surface area contributed by atoms with Crippen LogP contribution in [-0.2, 0) is 0 Å². The number of hydrogen-bond acceptors (Lipinski definition) is 1. The van der Waals surface area contributed by atoms with E-state index in [1.807, 2.05) is 0 Å². The molecular weight excluding hydrogens is 74.1 g/mol. The summed E-state index contributed by atoms with van der Waals surface area (Å²) in [5.41, 5.74) is 0. The zero-order chi connectivity index (χ0) is 4.57. The molecule has 0 aromatic rings. The fraction of sp³-hybridized carbons (Fsp3) is 0.800. The largest absolute Gasteiger partial charge is 0.457 e. The Hall–Kier alpha value is -0.0400. The first-order valence-corrected chi connectivity index (χ1v) is 2.38. The van der Waals surface area contributed by atoms with Crippen molar-refractivity contribution in [3.63, 3.8) is 0 Å². The van der Waals surface area contributed by atoms with Gasteiger partial charge in [0.1, 0.15) is 0 Å². The molecule has 1 fully saturated rings. The van der Waals surface area contributed by atoms with E-state index in [4.69, 9.17) is 0 Å². The number of rotatable bonds is 0. The summed E-state index contributed by atoms with van der Waals surface area (Å²) < 4.78 is 0. The first kappa shape index (κ1) is 4.13. The van der Waals surface area contributed by atoms with E-state index in [0.29, 0.717) is 0 Å². The number of likely N-dealkylation sites (tertiary alicyclic amines) is 1. The Morgan fingerprint density at radius 3 is 2.33 bits per heavy atom. The van der Waals surface area contributed by atoms with Crippen LogP contribution in [0.1, 0.15) is 13.3 Å². The molecule has 1 atom stereocenters. The lowest BCUT2D eigenvalue weighted by Gasteiger charge is -2.42. The van der Waals surface area contributed by atoms with Crippen LogP contribution in [0.15, 0.2) is 0 Å². The maximum atomic E-state index is 3.76. The summed E-state index contributed by atoms with van der Waals surface area (Å²) in [7, 11) is 3.76. The van der Waals surface area contributed by atoms with Crippen LogP contribution in [0, 0.1) is 7.05 Å². The molecule has 1 aliphatic heterocycles. The van der Waals surface area contributed by atoms with Gasteiger partial charge >= 0.3 is 0 Å². The van der Waals surface area contributed by atoms with E-state index in [1.165, 1.54) is 13.0 Å². The average molecular weight is 84.1 g/mol. The van der Waals surface area contributed by atoms with Crippen molar-refractivity contribution in [2.24, 2.45) is 0 Å². The van der Waals surface area contributed by atoms with Crippen LogP contribution in [0.2, 0.25) is 0 Å². The molecule has 1 aliphatic rings. The van der Waals surface area contributed by atoms with Crippen molar-refractivity contribution < 1.29 is 0 Å². The summed E-state index contributed by atoms with van der Waals surface area (Å²) in [4.78, 5) is 2.10. The molecule has 1 heterocycles. The standard InChI is InChI=1S/C5H10N/c1-5-3-4-6(5)2/h5H,2-4H2,1H3/q-1. The number of nitrogens with zero attached hydrogens (tertiary/aromatic N) is 1. The van der Waals surface area contributed by atoms with E-state index in [1.54, 1.807) is 0 Å². The van der Waals surface area contributed by atoms with E-state index in [-0.39, 0.29) is 0 Å². The SMILES string of the molecule is [CH2-]N1CCC1C. The van der Waals surface area contributed by atoms with Gasteiger partial charge in [0, 0.05) is 0 Å². The Balaban J connectivity index is 2.20. The second-order valence-corrected chi connectivity index (χ2v) is 1.95. The quantitative estimate of drug-likeness (QED) is 0.394. The highest BCUT2D eigenvalue weighted by atomic mass is 15.2. The molecule has 0 radical (unpaired) electrons. The highest BCUT2D eigenvalue weighted by molar-refractivity contribution is 4.76. The minimum Gasteiger partial charge on any atom is -0.457 e. The zero-order valence-electron chi connectivity index (χ0n) is 4.15. The summed E-state index contributed by atoms with van der Waals surface area (Å²) in [6, 6.07) is 0.755. The van der Waals surface area contributed by atoms with Crippen LogP contribution in [0.25, 0.3) is 0 Å². The molecule has 36 valence electrons. The van der Waals surface area contributed by atoms with E-state index < -0.39 is 0 Å². The molecule has 1 rings (SSSR count). The molecule has 1 saturated heterocycles. The molecule has 0 saturated carbocycles. The minimum atomic E-state index is 0.755. The smallest absolute Gasteiger partial charge is 0.0202 e. The first-order chi connectivity index (χ1) is 2.80. The van der Waals surface area contributed by atoms with E-state index in [0.717, 1.165) is 6.04 Å². The molecule has 0 N–H and O–H groups in total. The third-order valence-corrected chi connectivity index (χ3v) is 1.46. The number of hydrogen-bond donors (Lipinski definition) is 0. The van der Waals surface area contributed by atoms with Crippen LogP contribution in [-0.4, -0.2) is 17.5 Å². The lowest BCUT2D eigenvalue weighted by atomic mass is 10.1. The van der Waals surface area contributed by atoms with E-state index in [2.05, 4.69) is 18.9 Å². The summed E-state index contributed by atoms with van der Waals surface area (Å²) in [6.45, 7) is 3.39. The van der Waals surface area contributed by atoms with Crippen molar-refractivity contribution in [2.75, 3.05) is 6.54 Å². The van der Waals surface area contributed by atoms with Crippen molar-refractivity contribution in [3.8, 4) is 0 Å². The molecule has 1 unspecified atom stereocenters. The summed E-state index contributed by atoms with van der Waals surface area (Å²) >= 11 is 0. The lowest BCUT2D eigenvalue weighted by Crippen LogP contribution is -2.40. The fourth-order valence-electron chi connectivity index (χ4n) is 0.570. The highest BCUT2D eigenvalue weighted by Gasteiger charge is 2.11. The molecule has 0 bridgehead atoms. The van der Waals surface area contributed by atoms with Crippen molar-refractivity contribution in [3.05, 3.63) is 7.05 Å². The first-order valence-electron chi connectivity index (χ1n) is 2.38. The molecule has 6 heavy (non-hydrogen) atoms. The highest BCUT2D eigenvalue weighted by Crippen LogP contribution is 2.12. The molecule has 0 spiro atoms. The topological polar surface area (TPSA) is 3.24 Å². The van der Waals surface area contributed by atoms with Crippen molar-refractivity contribution in [1.82, 2.24) is 4.90 Å². The molecule has 1 nitrogen and oxygen atoms in total. The van der Waals surface area contributed by atoms with Gasteiger partial charge in [-0.2, -0.15) is 0 Å². The molecule has 0 aromatic carbocycles. The predicted octanol–water partition coefficient (Wildman–Crippen LogP) is 0.872. The van der Waals surface area contributed by atoms with Crippen LogP contribution in [0.3, 0.4) is 0 Å². The summed E-state index contributed by atoms with van der Waals surface area (Å²) in [6.07, 6.45) is 1.34. The van der Waals surface area contributed by atoms with Crippen LogP contribution >= 0.6 is 0 Å². The van der Waals surface area contributed by atoms with E-state index in [9.17, 15) is 0 Å². The van der Waals surface area contributed by atoms with Gasteiger partial charge in [-0.05, 0) is 19.0 Å². The minimum absolute atomic E-state index is 0.755. The third kappa shape index (κ3) is 0.432. The second-order valence-electron chi connectivity index (χ2n) is 1.95. The van der Waals surface area contributed by atoms with Crippen LogP contribution < -0.4 is 0 Å². The zero-order valence-corrected chi connectivity index (χ0v) is 4.15. The molecule has 1 heteroatoms. The molecular formula is C5H10N-. The molecule has 0 aliphatic carbocycles. The second kappa shape index (κ2) is 1.23. The summed E-state index contributed by atoms with van der Waals surface area (Å²) in [5.74, 6) is 0. The van der Waals surface area contributed by atoms with Gasteiger partial charge in [0.15, 0.2) is 0 Å². The Labute approximate surface area is 39.0 Å². The predicted molar refractivity (Wildman–Crippen MR) is 26.1 cm³/mol. The summed E-state index contributed by atoms with van der Waals surface area (Å²) in [5, 5.41) is 0. The van der Waals surface area contributed by atoms with Gasteiger partial charge in [0.05, 0.1) is 0 Å². The molecule has 0 aromatic heterocycles. The Bertz CT molecular complexity index is 43.9. The maximum Gasteiger partial charge on any atom is -0.0202 e. The van der Waals surface area contributed by atoms with Crippen molar-refractivity contribution in [1.29, 1.82) is 0 Å². The van der Waals surface area contributed by atoms with Gasteiger partial charge in [-0.1, -0.05) is 6.92 Å². The Kier molecular flexibility index (Phi) is 0.845.